The molecule has 0 unspecified atom stereocenters. The topological polar surface area (TPSA) is 87.3 Å². The van der Waals surface area contributed by atoms with Gasteiger partial charge in [-0.05, 0) is 62.2 Å². The predicted octanol–water partition coefficient (Wildman–Crippen LogP) is 3.01. The van der Waals surface area contributed by atoms with Crippen molar-refractivity contribution in [1.82, 2.24) is 15.4 Å². The highest BCUT2D eigenvalue weighted by atomic mass is 79.9. The third kappa shape index (κ3) is 5.49. The normalized spacial score (nSPS) is 16.1. The largest absolute Gasteiger partial charge is 0.350 e. The second kappa shape index (κ2) is 9.72. The van der Waals surface area contributed by atoms with E-state index in [2.05, 4.69) is 31.3 Å². The van der Waals surface area contributed by atoms with Gasteiger partial charge in [-0.3, -0.25) is 4.79 Å². The first kappa shape index (κ1) is 23.8. The summed E-state index contributed by atoms with van der Waals surface area (Å²) >= 11 is 3.35. The van der Waals surface area contributed by atoms with Gasteiger partial charge in [0, 0.05) is 22.6 Å². The number of rotatable bonds is 7. The molecular weight excluding hydrogens is 492 g/mol. The summed E-state index contributed by atoms with van der Waals surface area (Å²) in [6.07, 6.45) is 0.976. The molecule has 2 aromatic carbocycles. The Morgan fingerprint density at radius 1 is 1.13 bits per heavy atom. The number of nitrogens with one attached hydrogen (secondary N) is 3. The highest BCUT2D eigenvalue weighted by Gasteiger charge is 2.43. The molecule has 10 heteroatoms. The molecule has 0 spiro atoms. The number of carbonyl (C=O) groups excluding carboxylic acids is 1. The van der Waals surface area contributed by atoms with Crippen LogP contribution in [0.4, 0.5) is 8.78 Å². The van der Waals surface area contributed by atoms with Crippen molar-refractivity contribution in [3.8, 4) is 0 Å². The molecule has 1 saturated heterocycles. The van der Waals surface area contributed by atoms with Crippen LogP contribution in [0.1, 0.15) is 30.9 Å². The second-order valence-corrected chi connectivity index (χ2v) is 10.0. The first-order valence-corrected chi connectivity index (χ1v) is 12.2. The summed E-state index contributed by atoms with van der Waals surface area (Å²) in [7, 11) is -4.00. The van der Waals surface area contributed by atoms with E-state index in [1.165, 1.54) is 12.1 Å². The summed E-state index contributed by atoms with van der Waals surface area (Å²) in [4.78, 5) is 13.2. The van der Waals surface area contributed by atoms with Crippen LogP contribution in [0.5, 0.6) is 0 Å². The van der Waals surface area contributed by atoms with Gasteiger partial charge < -0.3 is 10.6 Å². The van der Waals surface area contributed by atoms with Crippen molar-refractivity contribution in [2.45, 2.75) is 43.2 Å². The molecule has 2 aromatic rings. The number of benzene rings is 2. The lowest BCUT2D eigenvalue weighted by Crippen LogP contribution is -2.62. The van der Waals surface area contributed by atoms with Crippen molar-refractivity contribution in [3.05, 3.63) is 63.6 Å². The van der Waals surface area contributed by atoms with Gasteiger partial charge in [0.05, 0.1) is 4.90 Å². The van der Waals surface area contributed by atoms with E-state index < -0.39 is 33.1 Å². The van der Waals surface area contributed by atoms with E-state index in [9.17, 15) is 22.0 Å². The molecule has 0 radical (unpaired) electrons. The van der Waals surface area contributed by atoms with Gasteiger partial charge in [-0.2, -0.15) is 4.72 Å². The fourth-order valence-electron chi connectivity index (χ4n) is 3.64. The molecule has 31 heavy (non-hydrogen) atoms. The fraction of sp³-hybridized carbons (Fsp3) is 0.381. The summed E-state index contributed by atoms with van der Waals surface area (Å²) < 4.78 is 56.9. The smallest absolute Gasteiger partial charge is 0.241 e. The minimum absolute atomic E-state index is 0.114. The molecular formula is C21H24BrF2N3O3S. The monoisotopic (exact) mass is 515 g/mol. The Hall–Kier alpha value is -1.88. The SMILES string of the molecule is CCc1cc(Br)ccc1S(=O)(=O)NC1(C(=O)NCc2ccc(F)cc2F)CCNCC1. The molecule has 0 atom stereocenters. The number of sulfonamides is 1. The Labute approximate surface area is 189 Å². The van der Waals surface area contributed by atoms with E-state index in [1.54, 1.807) is 12.1 Å². The maximum atomic E-state index is 13.9. The van der Waals surface area contributed by atoms with Crippen LogP contribution >= 0.6 is 15.9 Å². The summed E-state index contributed by atoms with van der Waals surface area (Å²) in [5.41, 5.74) is -0.638. The lowest BCUT2D eigenvalue weighted by Gasteiger charge is -2.36. The van der Waals surface area contributed by atoms with E-state index in [4.69, 9.17) is 0 Å². The molecule has 0 aromatic heterocycles. The van der Waals surface area contributed by atoms with Crippen LogP contribution < -0.4 is 15.4 Å². The molecule has 0 aliphatic carbocycles. The van der Waals surface area contributed by atoms with Crippen molar-refractivity contribution >= 4 is 31.9 Å². The molecule has 1 heterocycles. The first-order valence-electron chi connectivity index (χ1n) is 9.92. The van der Waals surface area contributed by atoms with Crippen molar-refractivity contribution in [2.24, 2.45) is 0 Å². The maximum Gasteiger partial charge on any atom is 0.241 e. The molecule has 168 valence electrons. The molecule has 1 aliphatic rings. The molecule has 3 N–H and O–H groups in total. The van der Waals surface area contributed by atoms with Gasteiger partial charge in [0.25, 0.3) is 0 Å². The number of hydrogen-bond acceptors (Lipinski definition) is 4. The van der Waals surface area contributed by atoms with Crippen LogP contribution in [0, 0.1) is 11.6 Å². The van der Waals surface area contributed by atoms with Crippen molar-refractivity contribution in [3.63, 3.8) is 0 Å². The zero-order valence-corrected chi connectivity index (χ0v) is 19.4. The molecule has 3 rings (SSSR count). The van der Waals surface area contributed by atoms with Crippen molar-refractivity contribution in [1.29, 1.82) is 0 Å². The number of halogens is 3. The summed E-state index contributed by atoms with van der Waals surface area (Å²) in [6, 6.07) is 7.98. The minimum atomic E-state index is -4.00. The number of aryl methyl sites for hydroxylation is 1. The maximum absolute atomic E-state index is 13.9. The molecule has 1 aliphatic heterocycles. The number of piperidine rings is 1. The highest BCUT2D eigenvalue weighted by molar-refractivity contribution is 9.10. The van der Waals surface area contributed by atoms with Crippen LogP contribution in [0.3, 0.4) is 0 Å². The lowest BCUT2D eigenvalue weighted by molar-refractivity contribution is -0.128. The van der Waals surface area contributed by atoms with Gasteiger partial charge in [0.2, 0.25) is 15.9 Å². The molecule has 1 fully saturated rings. The highest BCUT2D eigenvalue weighted by Crippen LogP contribution is 2.26. The second-order valence-electron chi connectivity index (χ2n) is 7.46. The van der Waals surface area contributed by atoms with Crippen LogP contribution in [-0.4, -0.2) is 33.0 Å². The quantitative estimate of drug-likeness (QED) is 0.528. The van der Waals surface area contributed by atoms with Gasteiger partial charge in [-0.1, -0.05) is 28.9 Å². The molecule has 0 saturated carbocycles. The average molecular weight is 516 g/mol. The zero-order chi connectivity index (χ0) is 22.6. The van der Waals surface area contributed by atoms with Crippen LogP contribution in [0.15, 0.2) is 45.8 Å². The van der Waals surface area contributed by atoms with Gasteiger partial charge in [0.1, 0.15) is 17.2 Å². The fourth-order valence-corrected chi connectivity index (χ4v) is 5.76. The number of hydrogen-bond donors (Lipinski definition) is 3. The zero-order valence-electron chi connectivity index (χ0n) is 17.0. The van der Waals surface area contributed by atoms with Gasteiger partial charge in [0.15, 0.2) is 0 Å². The third-order valence-electron chi connectivity index (χ3n) is 5.37. The van der Waals surface area contributed by atoms with Crippen LogP contribution in [0.25, 0.3) is 0 Å². The summed E-state index contributed by atoms with van der Waals surface area (Å²) in [5.74, 6) is -2.03. The van der Waals surface area contributed by atoms with E-state index >= 15 is 0 Å². The molecule has 1 amide bonds. The van der Waals surface area contributed by atoms with Crippen molar-refractivity contribution < 1.29 is 22.0 Å². The first-order chi connectivity index (χ1) is 14.7. The van der Waals surface area contributed by atoms with Crippen LogP contribution in [0.2, 0.25) is 0 Å². The van der Waals surface area contributed by atoms with Gasteiger partial charge in [-0.15, -0.1) is 0 Å². The predicted molar refractivity (Wildman–Crippen MR) is 117 cm³/mol. The van der Waals surface area contributed by atoms with E-state index in [1.807, 2.05) is 6.92 Å². The van der Waals surface area contributed by atoms with E-state index in [0.717, 1.165) is 16.6 Å². The Balaban J connectivity index is 1.85. The van der Waals surface area contributed by atoms with Crippen molar-refractivity contribution in [2.75, 3.05) is 13.1 Å². The van der Waals surface area contributed by atoms with E-state index in [0.29, 0.717) is 25.1 Å². The van der Waals surface area contributed by atoms with Gasteiger partial charge >= 0.3 is 0 Å². The van der Waals surface area contributed by atoms with Gasteiger partial charge in [-0.25, -0.2) is 17.2 Å². The average Bonchev–Trinajstić information content (AvgIpc) is 2.73. The summed E-state index contributed by atoms with van der Waals surface area (Å²) in [5, 5.41) is 5.73. The molecule has 6 nitrogen and oxygen atoms in total. The third-order valence-corrected chi connectivity index (χ3v) is 7.50. The van der Waals surface area contributed by atoms with Crippen LogP contribution in [-0.2, 0) is 27.8 Å². The standard InChI is InChI=1S/C21H24BrF2N3O3S/c1-2-14-11-16(22)4-6-19(14)31(29,30)27-21(7-9-25-10-8-21)20(28)26-13-15-3-5-17(23)12-18(15)24/h3-6,11-12,25,27H,2,7-10,13H2,1H3,(H,26,28). The Morgan fingerprint density at radius 2 is 1.84 bits per heavy atom. The Bertz CT molecular complexity index is 1070. The minimum Gasteiger partial charge on any atom is -0.350 e. The lowest BCUT2D eigenvalue weighted by atomic mass is 9.88. The summed E-state index contributed by atoms with van der Waals surface area (Å²) in [6.45, 7) is 2.56. The Morgan fingerprint density at radius 3 is 2.48 bits per heavy atom. The van der Waals surface area contributed by atoms with E-state index in [-0.39, 0.29) is 29.8 Å². The number of amides is 1. The Kier molecular flexibility index (Phi) is 7.46. The molecule has 0 bridgehead atoms. The number of carbonyl (C=O) groups is 1.